The third-order valence-electron chi connectivity index (χ3n) is 6.07. The second kappa shape index (κ2) is 11.5. The lowest BCUT2D eigenvalue weighted by Crippen LogP contribution is -2.32. The summed E-state index contributed by atoms with van der Waals surface area (Å²) in [6.45, 7) is 1.93. The lowest BCUT2D eigenvalue weighted by molar-refractivity contribution is 0.225. The van der Waals surface area contributed by atoms with Crippen LogP contribution in [0, 0.1) is 0 Å². The van der Waals surface area contributed by atoms with Crippen LogP contribution in [0.4, 0.5) is 0 Å². The Kier molecular flexibility index (Phi) is 7.96. The molecule has 2 atom stereocenters. The molecule has 4 heteroatoms. The van der Waals surface area contributed by atoms with Gasteiger partial charge in [0.25, 0.3) is 0 Å². The first-order valence-corrected chi connectivity index (χ1v) is 11.6. The molecule has 0 fully saturated rings. The van der Waals surface area contributed by atoms with Crippen LogP contribution in [0.2, 0.25) is 0 Å². The van der Waals surface area contributed by atoms with Crippen molar-refractivity contribution in [2.75, 3.05) is 27.2 Å². The third-order valence-corrected chi connectivity index (χ3v) is 6.07. The highest BCUT2D eigenvalue weighted by Gasteiger charge is 2.22. The molecule has 0 spiro atoms. The van der Waals surface area contributed by atoms with Crippen molar-refractivity contribution in [1.82, 2.24) is 19.8 Å². The number of nitrogens with zero attached hydrogens (tertiary/aromatic N) is 4. The second-order valence-corrected chi connectivity index (χ2v) is 8.45. The molecule has 33 heavy (non-hydrogen) atoms. The van der Waals surface area contributed by atoms with Gasteiger partial charge in [0.15, 0.2) is 0 Å². The van der Waals surface area contributed by atoms with E-state index in [1.807, 2.05) is 24.5 Å². The highest BCUT2D eigenvalue weighted by atomic mass is 15.2. The zero-order chi connectivity index (χ0) is 22.9. The molecule has 4 rings (SSSR count). The maximum absolute atomic E-state index is 4.67. The van der Waals surface area contributed by atoms with Crippen LogP contribution in [-0.4, -0.2) is 47.0 Å². The lowest BCUT2D eigenvalue weighted by Gasteiger charge is -2.31. The standard InChI is InChI=1S/C29H32N4/c1-32(28(24-14-5-3-6-15-24)26-18-9-11-20-30-26)22-13-23-33(2)29(25-16-7-4-8-17-25)27-19-10-12-21-31-27/h3-12,14-21,28-29H,13,22-23H2,1-2H3. The van der Waals surface area contributed by atoms with E-state index >= 15 is 0 Å². The van der Waals surface area contributed by atoms with Crippen LogP contribution in [0.5, 0.6) is 0 Å². The van der Waals surface area contributed by atoms with E-state index in [0.29, 0.717) is 0 Å². The Morgan fingerprint density at radius 1 is 0.545 bits per heavy atom. The average molecular weight is 437 g/mol. The smallest absolute Gasteiger partial charge is 0.0773 e. The fourth-order valence-electron chi connectivity index (χ4n) is 4.48. The summed E-state index contributed by atoms with van der Waals surface area (Å²) in [4.78, 5) is 14.1. The zero-order valence-electron chi connectivity index (χ0n) is 19.5. The minimum absolute atomic E-state index is 0.137. The van der Waals surface area contributed by atoms with Crippen LogP contribution in [0.3, 0.4) is 0 Å². The molecule has 2 unspecified atom stereocenters. The minimum Gasteiger partial charge on any atom is -0.294 e. The Labute approximate surface area is 197 Å². The lowest BCUT2D eigenvalue weighted by atomic mass is 10.0. The molecule has 0 saturated heterocycles. The van der Waals surface area contributed by atoms with E-state index in [0.717, 1.165) is 30.9 Å². The van der Waals surface area contributed by atoms with E-state index in [-0.39, 0.29) is 12.1 Å². The second-order valence-electron chi connectivity index (χ2n) is 8.45. The molecule has 2 heterocycles. The summed E-state index contributed by atoms with van der Waals surface area (Å²) >= 11 is 0. The van der Waals surface area contributed by atoms with Gasteiger partial charge in [-0.05, 0) is 55.9 Å². The Balaban J connectivity index is 1.46. The first-order valence-electron chi connectivity index (χ1n) is 11.6. The number of aromatic nitrogens is 2. The van der Waals surface area contributed by atoms with E-state index in [4.69, 9.17) is 0 Å². The van der Waals surface area contributed by atoms with E-state index < -0.39 is 0 Å². The summed E-state index contributed by atoms with van der Waals surface area (Å²) in [7, 11) is 4.39. The van der Waals surface area contributed by atoms with Gasteiger partial charge in [-0.15, -0.1) is 0 Å². The van der Waals surface area contributed by atoms with Crippen molar-refractivity contribution in [3.63, 3.8) is 0 Å². The van der Waals surface area contributed by atoms with Gasteiger partial charge in [-0.3, -0.25) is 19.8 Å². The topological polar surface area (TPSA) is 32.3 Å². The van der Waals surface area contributed by atoms with E-state index in [1.165, 1.54) is 11.1 Å². The molecule has 2 aromatic heterocycles. The van der Waals surface area contributed by atoms with Crippen molar-refractivity contribution in [3.05, 3.63) is 132 Å². The molecular formula is C29H32N4. The Morgan fingerprint density at radius 3 is 1.30 bits per heavy atom. The van der Waals surface area contributed by atoms with Gasteiger partial charge in [-0.1, -0.05) is 72.8 Å². The van der Waals surface area contributed by atoms with Gasteiger partial charge in [0.2, 0.25) is 0 Å². The van der Waals surface area contributed by atoms with Gasteiger partial charge in [-0.25, -0.2) is 0 Å². The summed E-state index contributed by atoms with van der Waals surface area (Å²) in [5, 5.41) is 0. The molecule has 0 aliphatic carbocycles. The van der Waals surface area contributed by atoms with Crippen LogP contribution >= 0.6 is 0 Å². The summed E-state index contributed by atoms with van der Waals surface area (Å²) in [5.41, 5.74) is 4.69. The Hall–Kier alpha value is -3.34. The first-order chi connectivity index (χ1) is 16.2. The maximum Gasteiger partial charge on any atom is 0.0773 e. The molecule has 2 aromatic carbocycles. The van der Waals surface area contributed by atoms with Crippen LogP contribution in [0.1, 0.15) is 41.0 Å². The van der Waals surface area contributed by atoms with Gasteiger partial charge in [0.05, 0.1) is 23.5 Å². The van der Waals surface area contributed by atoms with Crippen LogP contribution in [-0.2, 0) is 0 Å². The molecular weight excluding hydrogens is 404 g/mol. The molecule has 168 valence electrons. The van der Waals surface area contributed by atoms with Crippen LogP contribution in [0.15, 0.2) is 109 Å². The highest BCUT2D eigenvalue weighted by Crippen LogP contribution is 2.28. The highest BCUT2D eigenvalue weighted by molar-refractivity contribution is 5.29. The van der Waals surface area contributed by atoms with Gasteiger partial charge in [0.1, 0.15) is 0 Å². The number of rotatable bonds is 10. The van der Waals surface area contributed by atoms with Gasteiger partial charge in [0, 0.05) is 25.5 Å². The molecule has 4 nitrogen and oxygen atoms in total. The normalized spacial score (nSPS) is 13.2. The van der Waals surface area contributed by atoms with Crippen molar-refractivity contribution in [2.24, 2.45) is 0 Å². The maximum atomic E-state index is 4.67. The number of hydrogen-bond donors (Lipinski definition) is 0. The molecule has 0 N–H and O–H groups in total. The van der Waals surface area contributed by atoms with E-state index in [2.05, 4.69) is 119 Å². The fraction of sp³-hybridized carbons (Fsp3) is 0.241. The minimum atomic E-state index is 0.137. The third kappa shape index (κ3) is 5.92. The van der Waals surface area contributed by atoms with Crippen molar-refractivity contribution in [3.8, 4) is 0 Å². The predicted octanol–water partition coefficient (Wildman–Crippen LogP) is 5.61. The van der Waals surface area contributed by atoms with Gasteiger partial charge >= 0.3 is 0 Å². The molecule has 0 saturated carbocycles. The Morgan fingerprint density at radius 2 is 0.939 bits per heavy atom. The summed E-state index contributed by atoms with van der Waals surface area (Å²) in [6.07, 6.45) is 4.80. The van der Waals surface area contributed by atoms with Crippen molar-refractivity contribution >= 4 is 0 Å². The molecule has 4 aromatic rings. The molecule has 0 radical (unpaired) electrons. The average Bonchev–Trinajstić information content (AvgIpc) is 2.87. The zero-order valence-corrected chi connectivity index (χ0v) is 19.5. The first kappa shape index (κ1) is 22.8. The SMILES string of the molecule is CN(CCCN(C)C(c1ccccc1)c1ccccn1)C(c1ccccc1)c1ccccn1. The van der Waals surface area contributed by atoms with Gasteiger partial charge < -0.3 is 0 Å². The van der Waals surface area contributed by atoms with Crippen molar-refractivity contribution in [1.29, 1.82) is 0 Å². The van der Waals surface area contributed by atoms with E-state index in [1.54, 1.807) is 0 Å². The van der Waals surface area contributed by atoms with Gasteiger partial charge in [-0.2, -0.15) is 0 Å². The number of benzene rings is 2. The van der Waals surface area contributed by atoms with Crippen LogP contribution in [0.25, 0.3) is 0 Å². The molecule has 0 bridgehead atoms. The Bertz CT molecular complexity index is 904. The molecule has 0 aliphatic heterocycles. The monoisotopic (exact) mass is 436 g/mol. The summed E-state index contributed by atoms with van der Waals surface area (Å²) in [5.74, 6) is 0. The quantitative estimate of drug-likeness (QED) is 0.323. The fourth-order valence-corrected chi connectivity index (χ4v) is 4.48. The molecule has 0 amide bonds. The summed E-state index contributed by atoms with van der Waals surface area (Å²) in [6, 6.07) is 33.9. The largest absolute Gasteiger partial charge is 0.294 e. The number of pyridine rings is 2. The van der Waals surface area contributed by atoms with Crippen molar-refractivity contribution < 1.29 is 0 Å². The predicted molar refractivity (Wildman–Crippen MR) is 135 cm³/mol. The van der Waals surface area contributed by atoms with E-state index in [9.17, 15) is 0 Å². The van der Waals surface area contributed by atoms with Crippen molar-refractivity contribution in [2.45, 2.75) is 18.5 Å². The van der Waals surface area contributed by atoms with Crippen LogP contribution < -0.4 is 0 Å². The summed E-state index contributed by atoms with van der Waals surface area (Å²) < 4.78 is 0. The number of hydrogen-bond acceptors (Lipinski definition) is 4. The molecule has 0 aliphatic rings.